The van der Waals surface area contributed by atoms with Gasteiger partial charge < -0.3 is 14.1 Å². The Morgan fingerprint density at radius 2 is 2.15 bits per heavy atom. The van der Waals surface area contributed by atoms with Crippen LogP contribution in [0.4, 0.5) is 0 Å². The van der Waals surface area contributed by atoms with Gasteiger partial charge in [-0.1, -0.05) is 0 Å². The topological polar surface area (TPSA) is 61.4 Å². The molecule has 5 heteroatoms. The second kappa shape index (κ2) is 6.48. The van der Waals surface area contributed by atoms with E-state index < -0.39 is 11.4 Å². The highest BCUT2D eigenvalue weighted by atomic mass is 32.2. The average molecular weight is 206 g/mol. The molecular formula is C8H16NO3S-. The molecule has 1 unspecified atom stereocenters. The highest BCUT2D eigenvalue weighted by Crippen LogP contribution is 2.17. The summed E-state index contributed by atoms with van der Waals surface area (Å²) in [5.41, 5.74) is 0. The van der Waals surface area contributed by atoms with Gasteiger partial charge in [0, 0.05) is 0 Å². The van der Waals surface area contributed by atoms with Crippen LogP contribution in [-0.2, 0) is 15.5 Å². The van der Waals surface area contributed by atoms with Crippen LogP contribution in [0.25, 0.3) is 0 Å². The first-order chi connectivity index (χ1) is 6.29. The van der Waals surface area contributed by atoms with Crippen LogP contribution >= 0.6 is 0 Å². The SMILES string of the molecule is O=S([O-])OCCCC1CCNCC1. The molecule has 0 spiro atoms. The Kier molecular flexibility index (Phi) is 5.54. The van der Waals surface area contributed by atoms with E-state index in [1.807, 2.05) is 0 Å². The van der Waals surface area contributed by atoms with Gasteiger partial charge in [0.2, 0.25) is 0 Å². The van der Waals surface area contributed by atoms with Crippen molar-refractivity contribution in [3.8, 4) is 0 Å². The molecule has 78 valence electrons. The van der Waals surface area contributed by atoms with E-state index in [1.54, 1.807) is 0 Å². The zero-order valence-corrected chi connectivity index (χ0v) is 8.48. The molecule has 0 saturated carbocycles. The average Bonchev–Trinajstić information content (AvgIpc) is 2.14. The van der Waals surface area contributed by atoms with Crippen LogP contribution < -0.4 is 5.32 Å². The van der Waals surface area contributed by atoms with Crippen LogP contribution in [0, 0.1) is 5.92 Å². The van der Waals surface area contributed by atoms with Crippen LogP contribution in [0.5, 0.6) is 0 Å². The highest BCUT2D eigenvalue weighted by molar-refractivity contribution is 7.74. The Bertz CT molecular complexity index is 159. The molecule has 1 N–H and O–H groups in total. The van der Waals surface area contributed by atoms with E-state index in [0.717, 1.165) is 31.8 Å². The van der Waals surface area contributed by atoms with E-state index in [1.165, 1.54) is 12.8 Å². The third kappa shape index (κ3) is 5.36. The summed E-state index contributed by atoms with van der Waals surface area (Å²) in [6.45, 7) is 2.53. The Morgan fingerprint density at radius 3 is 2.77 bits per heavy atom. The van der Waals surface area contributed by atoms with Crippen molar-refractivity contribution in [2.45, 2.75) is 25.7 Å². The van der Waals surface area contributed by atoms with E-state index in [9.17, 15) is 8.76 Å². The van der Waals surface area contributed by atoms with Gasteiger partial charge in [-0.25, -0.2) is 4.21 Å². The normalized spacial score (nSPS) is 21.6. The quantitative estimate of drug-likeness (QED) is 0.528. The van der Waals surface area contributed by atoms with Gasteiger partial charge in [0.25, 0.3) is 0 Å². The van der Waals surface area contributed by atoms with E-state index in [4.69, 9.17) is 0 Å². The zero-order chi connectivity index (χ0) is 9.52. The largest absolute Gasteiger partial charge is 0.750 e. The molecule has 1 saturated heterocycles. The molecule has 0 amide bonds. The minimum Gasteiger partial charge on any atom is -0.750 e. The smallest absolute Gasteiger partial charge is 0.0842 e. The number of piperidine rings is 1. The summed E-state index contributed by atoms with van der Waals surface area (Å²) in [4.78, 5) is 0. The molecule has 0 bridgehead atoms. The molecule has 0 aliphatic carbocycles. The molecule has 4 nitrogen and oxygen atoms in total. The zero-order valence-electron chi connectivity index (χ0n) is 7.66. The van der Waals surface area contributed by atoms with Gasteiger partial charge in [-0.3, -0.25) is 0 Å². The lowest BCUT2D eigenvalue weighted by molar-refractivity contribution is 0.267. The van der Waals surface area contributed by atoms with Crippen LogP contribution in [0.3, 0.4) is 0 Å². The van der Waals surface area contributed by atoms with Gasteiger partial charge in [-0.15, -0.1) is 0 Å². The van der Waals surface area contributed by atoms with Gasteiger partial charge in [0.1, 0.15) is 0 Å². The van der Waals surface area contributed by atoms with Crippen LogP contribution in [0.15, 0.2) is 0 Å². The highest BCUT2D eigenvalue weighted by Gasteiger charge is 2.11. The van der Waals surface area contributed by atoms with Crippen molar-refractivity contribution in [2.75, 3.05) is 19.7 Å². The lowest BCUT2D eigenvalue weighted by Crippen LogP contribution is -2.27. The Morgan fingerprint density at radius 1 is 1.46 bits per heavy atom. The van der Waals surface area contributed by atoms with Crippen molar-refractivity contribution < 1.29 is 12.9 Å². The fraction of sp³-hybridized carbons (Fsp3) is 1.00. The maximum atomic E-state index is 10.0. The number of hydrogen-bond acceptors (Lipinski definition) is 4. The second-order valence-corrected chi connectivity index (χ2v) is 4.01. The van der Waals surface area contributed by atoms with Crippen molar-refractivity contribution in [1.29, 1.82) is 0 Å². The summed E-state index contributed by atoms with van der Waals surface area (Å²) in [7, 11) is 0. The lowest BCUT2D eigenvalue weighted by Gasteiger charge is -2.22. The van der Waals surface area contributed by atoms with Crippen molar-refractivity contribution in [3.63, 3.8) is 0 Å². The van der Waals surface area contributed by atoms with Gasteiger partial charge in [-0.05, 0) is 44.7 Å². The molecule has 1 fully saturated rings. The molecule has 0 aromatic rings. The number of hydrogen-bond donors (Lipinski definition) is 1. The first-order valence-electron chi connectivity index (χ1n) is 4.72. The molecule has 1 aliphatic rings. The fourth-order valence-corrected chi connectivity index (χ4v) is 1.92. The van der Waals surface area contributed by atoms with Crippen molar-refractivity contribution in [1.82, 2.24) is 5.32 Å². The summed E-state index contributed by atoms with van der Waals surface area (Å²) in [5.74, 6) is 0.755. The molecular weight excluding hydrogens is 190 g/mol. The maximum absolute atomic E-state index is 10.0. The monoisotopic (exact) mass is 206 g/mol. The van der Waals surface area contributed by atoms with Crippen LogP contribution in [0.2, 0.25) is 0 Å². The summed E-state index contributed by atoms with van der Waals surface area (Å²) in [5, 5.41) is 3.29. The van der Waals surface area contributed by atoms with Gasteiger partial charge >= 0.3 is 0 Å². The molecule has 1 heterocycles. The van der Waals surface area contributed by atoms with Crippen LogP contribution in [-0.4, -0.2) is 28.5 Å². The number of nitrogens with one attached hydrogen (secondary N) is 1. The molecule has 13 heavy (non-hydrogen) atoms. The minimum absolute atomic E-state index is 0.333. The van der Waals surface area contributed by atoms with E-state index >= 15 is 0 Å². The van der Waals surface area contributed by atoms with Crippen LogP contribution in [0.1, 0.15) is 25.7 Å². The molecule has 1 atom stereocenters. The van der Waals surface area contributed by atoms with Crippen molar-refractivity contribution in [2.24, 2.45) is 5.92 Å². The van der Waals surface area contributed by atoms with Crippen molar-refractivity contribution >= 4 is 11.4 Å². The second-order valence-electron chi connectivity index (χ2n) is 3.36. The minimum atomic E-state index is -2.33. The summed E-state index contributed by atoms with van der Waals surface area (Å²) >= 11 is -2.33. The summed E-state index contributed by atoms with van der Waals surface area (Å²) < 4.78 is 24.5. The Balaban J connectivity index is 1.95. The molecule has 1 aliphatic heterocycles. The maximum Gasteiger partial charge on any atom is 0.0842 e. The molecule has 0 aromatic heterocycles. The third-order valence-electron chi connectivity index (χ3n) is 2.39. The predicted octanol–water partition coefficient (Wildman–Crippen LogP) is 0.577. The molecule has 0 radical (unpaired) electrons. The van der Waals surface area contributed by atoms with Gasteiger partial charge in [0.15, 0.2) is 0 Å². The first-order valence-corrected chi connectivity index (χ1v) is 5.72. The predicted molar refractivity (Wildman–Crippen MR) is 49.7 cm³/mol. The van der Waals surface area contributed by atoms with Gasteiger partial charge in [-0.2, -0.15) is 0 Å². The Labute approximate surface area is 81.5 Å². The first kappa shape index (κ1) is 11.1. The van der Waals surface area contributed by atoms with Crippen molar-refractivity contribution in [3.05, 3.63) is 0 Å². The Hall–Kier alpha value is 0.0300. The van der Waals surface area contributed by atoms with E-state index in [0.29, 0.717) is 6.61 Å². The third-order valence-corrected chi connectivity index (χ3v) is 2.75. The van der Waals surface area contributed by atoms with E-state index in [-0.39, 0.29) is 0 Å². The number of rotatable bonds is 5. The lowest BCUT2D eigenvalue weighted by atomic mass is 9.93. The standard InChI is InChI=1S/C8H17NO3S/c10-13(11)12-7-1-2-8-3-5-9-6-4-8/h8-9H,1-7H2,(H,10,11)/p-1. The fourth-order valence-electron chi connectivity index (χ4n) is 1.67. The van der Waals surface area contributed by atoms with E-state index in [2.05, 4.69) is 9.50 Å². The summed E-state index contributed by atoms with van der Waals surface area (Å²) in [6.07, 6.45) is 4.35. The van der Waals surface area contributed by atoms with Gasteiger partial charge in [0.05, 0.1) is 18.0 Å². The summed E-state index contributed by atoms with van der Waals surface area (Å²) in [6, 6.07) is 0. The molecule has 1 rings (SSSR count). The molecule has 0 aromatic carbocycles.